The van der Waals surface area contributed by atoms with Gasteiger partial charge in [-0.3, -0.25) is 9.59 Å². The van der Waals surface area contributed by atoms with E-state index >= 15 is 0 Å². The third-order valence-corrected chi connectivity index (χ3v) is 3.69. The van der Waals surface area contributed by atoms with Crippen LogP contribution in [0.3, 0.4) is 0 Å². The Morgan fingerprint density at radius 3 is 2.61 bits per heavy atom. The number of hydrogen-bond donors (Lipinski definition) is 1. The van der Waals surface area contributed by atoms with Gasteiger partial charge in [-0.2, -0.15) is 0 Å². The van der Waals surface area contributed by atoms with Gasteiger partial charge in [-0.15, -0.1) is 11.3 Å². The zero-order valence-corrected chi connectivity index (χ0v) is 13.8. The first-order valence-corrected chi connectivity index (χ1v) is 8.04. The summed E-state index contributed by atoms with van der Waals surface area (Å²) in [5.41, 5.74) is 1.16. The van der Waals surface area contributed by atoms with E-state index in [-0.39, 0.29) is 19.1 Å². The average Bonchev–Trinajstić information content (AvgIpc) is 2.97. The van der Waals surface area contributed by atoms with E-state index in [4.69, 9.17) is 9.47 Å². The predicted octanol–water partition coefficient (Wildman–Crippen LogP) is 2.32. The summed E-state index contributed by atoms with van der Waals surface area (Å²) < 4.78 is 10.4. The molecule has 0 bridgehead atoms. The molecule has 1 aromatic carbocycles. The number of aromatic nitrogens is 1. The average molecular weight is 334 g/mol. The lowest BCUT2D eigenvalue weighted by Gasteiger charge is -2.07. The number of ether oxygens (including phenoxy) is 2. The lowest BCUT2D eigenvalue weighted by molar-refractivity contribution is -0.143. The Morgan fingerprint density at radius 1 is 1.26 bits per heavy atom. The van der Waals surface area contributed by atoms with Crippen molar-refractivity contribution in [2.75, 3.05) is 13.2 Å². The monoisotopic (exact) mass is 334 g/mol. The van der Waals surface area contributed by atoms with Crippen LogP contribution in [-0.4, -0.2) is 30.0 Å². The lowest BCUT2D eigenvalue weighted by atomic mass is 10.2. The molecule has 2 rings (SSSR count). The van der Waals surface area contributed by atoms with Crippen molar-refractivity contribution < 1.29 is 19.1 Å². The summed E-state index contributed by atoms with van der Waals surface area (Å²) >= 11 is 1.49. The van der Waals surface area contributed by atoms with Crippen LogP contribution in [0.15, 0.2) is 29.6 Å². The number of benzene rings is 1. The van der Waals surface area contributed by atoms with Crippen LogP contribution in [-0.2, 0) is 16.1 Å². The highest BCUT2D eigenvalue weighted by Gasteiger charge is 2.10. The second-order valence-electron chi connectivity index (χ2n) is 4.66. The van der Waals surface area contributed by atoms with Crippen LogP contribution in [0.4, 0.5) is 0 Å². The number of nitrogens with one attached hydrogen (secondary N) is 1. The van der Waals surface area contributed by atoms with Crippen molar-refractivity contribution in [3.63, 3.8) is 0 Å². The molecule has 0 spiro atoms. The fourth-order valence-corrected chi connectivity index (χ4v) is 2.40. The number of rotatable bonds is 7. The molecule has 2 aromatic rings. The Labute approximate surface area is 138 Å². The summed E-state index contributed by atoms with van der Waals surface area (Å²) in [5.74, 6) is -0.147. The molecule has 1 N–H and O–H groups in total. The Bertz CT molecular complexity index is 667. The van der Waals surface area contributed by atoms with Crippen molar-refractivity contribution in [3.05, 3.63) is 45.9 Å². The molecule has 0 saturated carbocycles. The summed E-state index contributed by atoms with van der Waals surface area (Å²) in [6, 6.07) is 6.70. The van der Waals surface area contributed by atoms with Gasteiger partial charge in [0.05, 0.1) is 17.3 Å². The molecule has 0 aliphatic heterocycles. The van der Waals surface area contributed by atoms with Crippen molar-refractivity contribution >= 4 is 23.2 Å². The molecule has 0 unspecified atom stereocenters. The molecule has 0 aliphatic carbocycles. The van der Waals surface area contributed by atoms with E-state index in [0.717, 1.165) is 5.01 Å². The molecular weight excluding hydrogens is 316 g/mol. The highest BCUT2D eigenvalue weighted by Crippen LogP contribution is 2.12. The number of carbonyl (C=O) groups is 2. The van der Waals surface area contributed by atoms with E-state index in [1.807, 2.05) is 19.2 Å². The van der Waals surface area contributed by atoms with E-state index in [1.54, 1.807) is 24.3 Å². The second-order valence-corrected chi connectivity index (χ2v) is 5.72. The maximum Gasteiger partial charge on any atom is 0.325 e. The Morgan fingerprint density at radius 2 is 2.00 bits per heavy atom. The number of hydrogen-bond acceptors (Lipinski definition) is 6. The molecule has 0 aliphatic rings. The quantitative estimate of drug-likeness (QED) is 0.786. The van der Waals surface area contributed by atoms with Crippen LogP contribution in [0, 0.1) is 6.92 Å². The Hall–Kier alpha value is -2.41. The molecule has 1 aromatic heterocycles. The maximum atomic E-state index is 11.9. The molecule has 0 saturated heterocycles. The fourth-order valence-electron chi connectivity index (χ4n) is 1.80. The molecule has 6 nitrogen and oxygen atoms in total. The number of esters is 1. The SMILES string of the molecule is CCOc1ccc(C(=O)NCC(=O)OCc2csc(C)n2)cc1. The summed E-state index contributed by atoms with van der Waals surface area (Å²) in [6.45, 7) is 4.26. The summed E-state index contributed by atoms with van der Waals surface area (Å²) in [6.07, 6.45) is 0. The molecule has 0 fully saturated rings. The Balaban J connectivity index is 1.75. The van der Waals surface area contributed by atoms with Gasteiger partial charge in [0.15, 0.2) is 0 Å². The van der Waals surface area contributed by atoms with E-state index in [0.29, 0.717) is 23.6 Å². The van der Waals surface area contributed by atoms with Crippen LogP contribution < -0.4 is 10.1 Å². The van der Waals surface area contributed by atoms with E-state index in [9.17, 15) is 9.59 Å². The van der Waals surface area contributed by atoms with Crippen LogP contribution in [0.25, 0.3) is 0 Å². The first kappa shape index (κ1) is 17.0. The number of amides is 1. The van der Waals surface area contributed by atoms with Gasteiger partial charge in [-0.25, -0.2) is 4.98 Å². The minimum Gasteiger partial charge on any atom is -0.494 e. The predicted molar refractivity (Wildman–Crippen MR) is 86.6 cm³/mol. The number of aryl methyl sites for hydroxylation is 1. The fraction of sp³-hybridized carbons (Fsp3) is 0.312. The van der Waals surface area contributed by atoms with Gasteiger partial charge in [-0.05, 0) is 38.1 Å². The van der Waals surface area contributed by atoms with Crippen LogP contribution >= 0.6 is 11.3 Å². The van der Waals surface area contributed by atoms with E-state index in [2.05, 4.69) is 10.3 Å². The standard InChI is InChI=1S/C16H18N2O4S/c1-3-21-14-6-4-12(5-7-14)16(20)17-8-15(19)22-9-13-10-23-11(2)18-13/h4-7,10H,3,8-9H2,1-2H3,(H,17,20). The van der Waals surface area contributed by atoms with Crippen molar-refractivity contribution in [2.24, 2.45) is 0 Å². The van der Waals surface area contributed by atoms with Crippen LogP contribution in [0.2, 0.25) is 0 Å². The highest BCUT2D eigenvalue weighted by atomic mass is 32.1. The number of carbonyl (C=O) groups excluding carboxylic acids is 2. The highest BCUT2D eigenvalue weighted by molar-refractivity contribution is 7.09. The summed E-state index contributed by atoms with van der Waals surface area (Å²) in [7, 11) is 0. The van der Waals surface area contributed by atoms with Gasteiger partial charge in [-0.1, -0.05) is 0 Å². The third-order valence-electron chi connectivity index (χ3n) is 2.87. The molecular formula is C16H18N2O4S. The molecule has 0 atom stereocenters. The molecule has 122 valence electrons. The van der Waals surface area contributed by atoms with E-state index in [1.165, 1.54) is 11.3 Å². The molecule has 0 radical (unpaired) electrons. The second kappa shape index (κ2) is 8.28. The Kier molecular flexibility index (Phi) is 6.10. The topological polar surface area (TPSA) is 77.5 Å². The van der Waals surface area contributed by atoms with Gasteiger partial charge < -0.3 is 14.8 Å². The number of nitrogens with zero attached hydrogens (tertiary/aromatic N) is 1. The molecule has 1 heterocycles. The largest absolute Gasteiger partial charge is 0.494 e. The zero-order valence-electron chi connectivity index (χ0n) is 13.0. The minimum absolute atomic E-state index is 0.113. The molecule has 1 amide bonds. The lowest BCUT2D eigenvalue weighted by Crippen LogP contribution is -2.30. The van der Waals surface area contributed by atoms with Gasteiger partial charge >= 0.3 is 5.97 Å². The van der Waals surface area contributed by atoms with Crippen LogP contribution in [0.5, 0.6) is 5.75 Å². The zero-order chi connectivity index (χ0) is 16.7. The van der Waals surface area contributed by atoms with Gasteiger partial charge in [0.2, 0.25) is 0 Å². The first-order chi connectivity index (χ1) is 11.1. The number of thiazole rings is 1. The molecule has 7 heteroatoms. The minimum atomic E-state index is -0.505. The first-order valence-electron chi connectivity index (χ1n) is 7.16. The smallest absolute Gasteiger partial charge is 0.325 e. The van der Waals surface area contributed by atoms with Crippen molar-refractivity contribution in [1.82, 2.24) is 10.3 Å². The molecule has 23 heavy (non-hydrogen) atoms. The van der Waals surface area contributed by atoms with Crippen molar-refractivity contribution in [2.45, 2.75) is 20.5 Å². The van der Waals surface area contributed by atoms with Gasteiger partial charge in [0.1, 0.15) is 18.9 Å². The third kappa shape index (κ3) is 5.37. The summed E-state index contributed by atoms with van der Waals surface area (Å²) in [5, 5.41) is 5.27. The normalized spacial score (nSPS) is 10.2. The van der Waals surface area contributed by atoms with Gasteiger partial charge in [0.25, 0.3) is 5.91 Å². The summed E-state index contributed by atoms with van der Waals surface area (Å²) in [4.78, 5) is 27.7. The van der Waals surface area contributed by atoms with Crippen LogP contribution in [0.1, 0.15) is 28.0 Å². The van der Waals surface area contributed by atoms with E-state index < -0.39 is 5.97 Å². The maximum absolute atomic E-state index is 11.9. The van der Waals surface area contributed by atoms with Crippen molar-refractivity contribution in [1.29, 1.82) is 0 Å². The van der Waals surface area contributed by atoms with Crippen molar-refractivity contribution in [3.8, 4) is 5.75 Å². The van der Waals surface area contributed by atoms with Gasteiger partial charge in [0, 0.05) is 10.9 Å².